The molecule has 0 bridgehead atoms. The van der Waals surface area contributed by atoms with Gasteiger partial charge in [-0.1, -0.05) is 38.1 Å². The number of aromatic nitrogens is 1. The molecule has 0 spiro atoms. The summed E-state index contributed by atoms with van der Waals surface area (Å²) in [4.78, 5) is 5.37. The van der Waals surface area contributed by atoms with E-state index in [1.54, 1.807) is 17.5 Å². The van der Waals surface area contributed by atoms with E-state index in [1.807, 2.05) is 0 Å². The Balaban J connectivity index is 2.24. The van der Waals surface area contributed by atoms with Gasteiger partial charge in [0.2, 0.25) is 0 Å². The summed E-state index contributed by atoms with van der Waals surface area (Å²) in [5, 5.41) is 9.62. The zero-order valence-electron chi connectivity index (χ0n) is 9.97. The molecular weight excluding hydrogens is 228 g/mol. The summed E-state index contributed by atoms with van der Waals surface area (Å²) < 4.78 is 0. The van der Waals surface area contributed by atoms with Crippen molar-refractivity contribution < 1.29 is 0 Å². The minimum Gasteiger partial charge on any atom is -0.244 e. The molecule has 0 amide bonds. The summed E-state index contributed by atoms with van der Waals surface area (Å²) in [6, 6.07) is 10.6. The molecule has 0 aliphatic carbocycles. The van der Waals surface area contributed by atoms with Crippen molar-refractivity contribution in [3.63, 3.8) is 0 Å². The molecule has 0 radical (unpaired) electrons. The van der Waals surface area contributed by atoms with Crippen LogP contribution in [0, 0.1) is 11.3 Å². The van der Waals surface area contributed by atoms with Crippen LogP contribution in [0.2, 0.25) is 0 Å². The molecule has 0 aliphatic heterocycles. The van der Waals surface area contributed by atoms with Crippen molar-refractivity contribution >= 4 is 11.3 Å². The van der Waals surface area contributed by atoms with Gasteiger partial charge in [0.1, 0.15) is 5.01 Å². The average molecular weight is 242 g/mol. The first-order valence-corrected chi connectivity index (χ1v) is 6.44. The highest BCUT2D eigenvalue weighted by Gasteiger charge is 2.05. The summed E-state index contributed by atoms with van der Waals surface area (Å²) in [6.45, 7) is 4.37. The van der Waals surface area contributed by atoms with Crippen LogP contribution < -0.4 is 0 Å². The topological polar surface area (TPSA) is 36.7 Å². The van der Waals surface area contributed by atoms with Crippen molar-refractivity contribution in [1.82, 2.24) is 4.98 Å². The lowest BCUT2D eigenvalue weighted by molar-refractivity contribution is 0.867. The smallest absolute Gasteiger partial charge is 0.123 e. The number of rotatable bonds is 3. The second-order valence-corrected chi connectivity index (χ2v) is 5.36. The maximum absolute atomic E-state index is 8.63. The summed E-state index contributed by atoms with van der Waals surface area (Å²) in [7, 11) is 0. The van der Waals surface area contributed by atoms with E-state index in [4.69, 9.17) is 5.26 Å². The highest BCUT2D eigenvalue weighted by atomic mass is 32.1. The summed E-state index contributed by atoms with van der Waals surface area (Å²) in [6.07, 6.45) is 2.24. The molecule has 0 saturated heterocycles. The van der Waals surface area contributed by atoms with Crippen LogP contribution in [-0.4, -0.2) is 4.98 Å². The van der Waals surface area contributed by atoms with Gasteiger partial charge in [-0.2, -0.15) is 5.26 Å². The van der Waals surface area contributed by atoms with E-state index in [9.17, 15) is 0 Å². The predicted octanol–water partition coefficient (Wildman–Crippen LogP) is 4.00. The van der Waals surface area contributed by atoms with Crippen LogP contribution >= 0.6 is 11.3 Å². The van der Waals surface area contributed by atoms with E-state index in [1.165, 1.54) is 5.56 Å². The van der Waals surface area contributed by atoms with E-state index in [-0.39, 0.29) is 0 Å². The Bertz CT molecular complexity index is 532. The third-order valence-electron chi connectivity index (χ3n) is 2.63. The molecule has 1 heterocycles. The Hall–Kier alpha value is -1.66. The molecule has 1 aromatic heterocycles. The second kappa shape index (κ2) is 5.11. The van der Waals surface area contributed by atoms with Crippen molar-refractivity contribution in [1.29, 1.82) is 5.26 Å². The molecule has 0 fully saturated rings. The molecule has 0 aliphatic rings. The SMILES string of the molecule is CC(C)c1ccc(-c2ncc(CC#N)s2)cc1. The first-order valence-electron chi connectivity index (χ1n) is 5.62. The highest BCUT2D eigenvalue weighted by Crippen LogP contribution is 2.26. The van der Waals surface area contributed by atoms with E-state index in [2.05, 4.69) is 49.2 Å². The number of hydrogen-bond donors (Lipinski definition) is 0. The Morgan fingerprint density at radius 2 is 2.00 bits per heavy atom. The van der Waals surface area contributed by atoms with Crippen molar-refractivity contribution in [3.05, 3.63) is 40.9 Å². The fourth-order valence-corrected chi connectivity index (χ4v) is 2.46. The van der Waals surface area contributed by atoms with Gasteiger partial charge in [-0.25, -0.2) is 4.98 Å². The van der Waals surface area contributed by atoms with Crippen LogP contribution in [0.3, 0.4) is 0 Å². The Labute approximate surface area is 106 Å². The zero-order chi connectivity index (χ0) is 12.3. The predicted molar refractivity (Wildman–Crippen MR) is 71.0 cm³/mol. The quantitative estimate of drug-likeness (QED) is 0.815. The van der Waals surface area contributed by atoms with Gasteiger partial charge in [-0.3, -0.25) is 0 Å². The van der Waals surface area contributed by atoms with E-state index < -0.39 is 0 Å². The fourth-order valence-electron chi connectivity index (χ4n) is 1.61. The molecule has 2 aromatic rings. The first kappa shape index (κ1) is 11.8. The van der Waals surface area contributed by atoms with Gasteiger partial charge in [0.25, 0.3) is 0 Å². The number of hydrogen-bond acceptors (Lipinski definition) is 3. The molecular formula is C14H14N2S. The molecule has 1 aromatic carbocycles. The maximum Gasteiger partial charge on any atom is 0.123 e. The van der Waals surface area contributed by atoms with Gasteiger partial charge in [0.05, 0.1) is 12.5 Å². The van der Waals surface area contributed by atoms with Crippen molar-refractivity contribution in [2.24, 2.45) is 0 Å². The largest absolute Gasteiger partial charge is 0.244 e. The fraction of sp³-hybridized carbons (Fsp3) is 0.286. The van der Waals surface area contributed by atoms with Gasteiger partial charge in [-0.15, -0.1) is 11.3 Å². The molecule has 2 rings (SSSR count). The lowest BCUT2D eigenvalue weighted by Gasteiger charge is -2.05. The number of thiazole rings is 1. The van der Waals surface area contributed by atoms with E-state index in [0.29, 0.717) is 12.3 Å². The molecule has 2 nitrogen and oxygen atoms in total. The third-order valence-corrected chi connectivity index (χ3v) is 3.68. The van der Waals surface area contributed by atoms with E-state index in [0.717, 1.165) is 15.4 Å². The molecule has 0 unspecified atom stereocenters. The summed E-state index contributed by atoms with van der Waals surface area (Å²) in [5.74, 6) is 0.550. The van der Waals surface area contributed by atoms with Gasteiger partial charge in [0.15, 0.2) is 0 Å². The van der Waals surface area contributed by atoms with Crippen LogP contribution in [0.25, 0.3) is 10.6 Å². The molecule has 3 heteroatoms. The Morgan fingerprint density at radius 3 is 2.59 bits per heavy atom. The molecule has 86 valence electrons. The Kier molecular flexibility index (Phi) is 3.55. The number of benzene rings is 1. The second-order valence-electron chi connectivity index (χ2n) is 4.24. The summed E-state index contributed by atoms with van der Waals surface area (Å²) in [5.41, 5.74) is 2.46. The molecule has 0 atom stereocenters. The van der Waals surface area contributed by atoms with Gasteiger partial charge >= 0.3 is 0 Å². The first-order chi connectivity index (χ1) is 8.20. The Morgan fingerprint density at radius 1 is 1.29 bits per heavy atom. The van der Waals surface area contributed by atoms with E-state index >= 15 is 0 Å². The van der Waals surface area contributed by atoms with Crippen LogP contribution in [0.4, 0.5) is 0 Å². The van der Waals surface area contributed by atoms with Gasteiger partial charge in [-0.05, 0) is 11.5 Å². The minimum absolute atomic E-state index is 0.446. The van der Waals surface area contributed by atoms with Crippen LogP contribution in [-0.2, 0) is 6.42 Å². The third kappa shape index (κ3) is 2.72. The normalized spacial score (nSPS) is 10.5. The monoisotopic (exact) mass is 242 g/mol. The maximum atomic E-state index is 8.63. The average Bonchev–Trinajstić information content (AvgIpc) is 2.78. The number of nitriles is 1. The molecule has 0 saturated carbocycles. The molecule has 0 N–H and O–H groups in total. The number of nitrogens with zero attached hydrogens (tertiary/aromatic N) is 2. The van der Waals surface area contributed by atoms with Crippen molar-refractivity contribution in [2.75, 3.05) is 0 Å². The molecule has 17 heavy (non-hydrogen) atoms. The van der Waals surface area contributed by atoms with Crippen LogP contribution in [0.5, 0.6) is 0 Å². The van der Waals surface area contributed by atoms with Crippen LogP contribution in [0.1, 0.15) is 30.2 Å². The van der Waals surface area contributed by atoms with Crippen molar-refractivity contribution in [2.45, 2.75) is 26.2 Å². The zero-order valence-corrected chi connectivity index (χ0v) is 10.8. The lowest BCUT2D eigenvalue weighted by atomic mass is 10.0. The van der Waals surface area contributed by atoms with Gasteiger partial charge in [0, 0.05) is 16.6 Å². The standard InChI is InChI=1S/C14H14N2S/c1-10(2)11-3-5-12(6-4-11)14-16-9-13(17-14)7-8-15/h3-6,9-10H,7H2,1-2H3. The summed E-state index contributed by atoms with van der Waals surface area (Å²) >= 11 is 1.59. The highest BCUT2D eigenvalue weighted by molar-refractivity contribution is 7.15. The minimum atomic E-state index is 0.446. The lowest BCUT2D eigenvalue weighted by Crippen LogP contribution is -1.86. The van der Waals surface area contributed by atoms with Crippen LogP contribution in [0.15, 0.2) is 30.5 Å². The van der Waals surface area contributed by atoms with Gasteiger partial charge < -0.3 is 0 Å². The van der Waals surface area contributed by atoms with Crippen molar-refractivity contribution in [3.8, 4) is 16.6 Å².